The van der Waals surface area contributed by atoms with Crippen molar-refractivity contribution < 1.29 is 4.79 Å². The maximum absolute atomic E-state index is 12.1. The van der Waals surface area contributed by atoms with Gasteiger partial charge in [0.25, 0.3) is 0 Å². The molecule has 0 unspecified atom stereocenters. The van der Waals surface area contributed by atoms with Crippen molar-refractivity contribution in [2.24, 2.45) is 0 Å². The van der Waals surface area contributed by atoms with Gasteiger partial charge in [0.1, 0.15) is 0 Å². The van der Waals surface area contributed by atoms with Gasteiger partial charge in [-0.25, -0.2) is 0 Å². The first-order valence-corrected chi connectivity index (χ1v) is 9.35. The van der Waals surface area contributed by atoms with E-state index in [2.05, 4.69) is 18.3 Å². The first kappa shape index (κ1) is 17.9. The number of amides is 1. The molecule has 1 aromatic carbocycles. The van der Waals surface area contributed by atoms with Gasteiger partial charge in [-0.2, -0.15) is 5.26 Å². The second-order valence-corrected chi connectivity index (χ2v) is 7.10. The van der Waals surface area contributed by atoms with Crippen molar-refractivity contribution in [2.75, 3.05) is 5.75 Å². The van der Waals surface area contributed by atoms with E-state index in [-0.39, 0.29) is 18.2 Å². The molecule has 1 heterocycles. The lowest BCUT2D eigenvalue weighted by Crippen LogP contribution is -2.31. The third-order valence-corrected chi connectivity index (χ3v) is 5.33. The number of benzene rings is 1. The molecular weight excluding hydrogens is 328 g/mol. The van der Waals surface area contributed by atoms with E-state index < -0.39 is 0 Å². The number of nitriles is 1. The van der Waals surface area contributed by atoms with Gasteiger partial charge in [-0.15, -0.1) is 11.8 Å². The molecule has 122 valence electrons. The molecule has 1 atom stereocenters. The summed E-state index contributed by atoms with van der Waals surface area (Å²) in [5.41, 5.74) is 1.47. The lowest BCUT2D eigenvalue weighted by atomic mass is 9.87. The smallest absolute Gasteiger partial charge is 0.225 e. The summed E-state index contributed by atoms with van der Waals surface area (Å²) in [5, 5.41) is 13.8. The monoisotopic (exact) mass is 348 g/mol. The van der Waals surface area contributed by atoms with Gasteiger partial charge in [-0.3, -0.25) is 4.79 Å². The van der Waals surface area contributed by atoms with Crippen molar-refractivity contribution in [3.8, 4) is 6.07 Å². The van der Waals surface area contributed by atoms with Crippen LogP contribution < -0.4 is 5.32 Å². The fraction of sp³-hybridized carbons (Fsp3) is 0.444. The predicted molar refractivity (Wildman–Crippen MR) is 96.2 cm³/mol. The SMILES string of the molecule is CCCCCCSC1=C(C#N)[C@@H](c2ccccc2Cl)CC(=O)N1. The van der Waals surface area contributed by atoms with E-state index in [4.69, 9.17) is 11.6 Å². The van der Waals surface area contributed by atoms with Gasteiger partial charge in [0, 0.05) is 17.4 Å². The molecule has 0 aromatic heterocycles. The van der Waals surface area contributed by atoms with Gasteiger partial charge in [0.15, 0.2) is 0 Å². The molecule has 0 radical (unpaired) electrons. The van der Waals surface area contributed by atoms with Crippen molar-refractivity contribution in [2.45, 2.75) is 44.9 Å². The Morgan fingerprint density at radius 3 is 2.83 bits per heavy atom. The van der Waals surface area contributed by atoms with Crippen molar-refractivity contribution in [1.29, 1.82) is 5.26 Å². The molecule has 0 saturated carbocycles. The highest BCUT2D eigenvalue weighted by atomic mass is 35.5. The predicted octanol–water partition coefficient (Wildman–Crippen LogP) is 4.99. The second-order valence-electron chi connectivity index (χ2n) is 5.59. The number of allylic oxidation sites excluding steroid dienone is 1. The Labute approximate surface area is 147 Å². The fourth-order valence-electron chi connectivity index (χ4n) is 2.66. The highest BCUT2D eigenvalue weighted by Gasteiger charge is 2.30. The normalized spacial score (nSPS) is 17.8. The van der Waals surface area contributed by atoms with Gasteiger partial charge < -0.3 is 5.32 Å². The molecule has 0 spiro atoms. The van der Waals surface area contributed by atoms with E-state index in [1.165, 1.54) is 19.3 Å². The Kier molecular flexibility index (Phi) is 7.01. The molecule has 1 aliphatic rings. The van der Waals surface area contributed by atoms with Gasteiger partial charge >= 0.3 is 0 Å². The van der Waals surface area contributed by atoms with Gasteiger partial charge in [-0.1, -0.05) is 56.0 Å². The van der Waals surface area contributed by atoms with E-state index in [1.54, 1.807) is 17.8 Å². The minimum atomic E-state index is -0.249. The molecular formula is C18H21ClN2OS. The van der Waals surface area contributed by atoms with Crippen LogP contribution in [-0.2, 0) is 4.79 Å². The quantitative estimate of drug-likeness (QED) is 0.706. The molecule has 1 N–H and O–H groups in total. The summed E-state index contributed by atoms with van der Waals surface area (Å²) >= 11 is 7.84. The molecule has 0 fully saturated rings. The summed E-state index contributed by atoms with van der Waals surface area (Å²) in [6.07, 6.45) is 4.96. The number of rotatable bonds is 7. The summed E-state index contributed by atoms with van der Waals surface area (Å²) in [6, 6.07) is 9.73. The largest absolute Gasteiger partial charge is 0.320 e. The van der Waals surface area contributed by atoms with Crippen molar-refractivity contribution in [1.82, 2.24) is 5.32 Å². The van der Waals surface area contributed by atoms with Crippen LogP contribution in [0.2, 0.25) is 5.02 Å². The molecule has 1 aliphatic heterocycles. The van der Waals surface area contributed by atoms with Crippen molar-refractivity contribution in [3.63, 3.8) is 0 Å². The van der Waals surface area contributed by atoms with Gasteiger partial charge in [0.2, 0.25) is 5.91 Å². The Balaban J connectivity index is 2.19. The third-order valence-electron chi connectivity index (χ3n) is 3.88. The number of carbonyl (C=O) groups excluding carboxylic acids is 1. The van der Waals surface area contributed by atoms with E-state index in [0.29, 0.717) is 15.6 Å². The highest BCUT2D eigenvalue weighted by Crippen LogP contribution is 2.38. The first-order chi connectivity index (χ1) is 11.2. The minimum absolute atomic E-state index is 0.0509. The highest BCUT2D eigenvalue weighted by molar-refractivity contribution is 8.03. The van der Waals surface area contributed by atoms with E-state index >= 15 is 0 Å². The number of hydrogen-bond acceptors (Lipinski definition) is 3. The number of hydrogen-bond donors (Lipinski definition) is 1. The maximum atomic E-state index is 12.1. The Hall–Kier alpha value is -1.44. The van der Waals surface area contributed by atoms with Crippen molar-refractivity contribution in [3.05, 3.63) is 45.5 Å². The molecule has 1 aromatic rings. The topological polar surface area (TPSA) is 52.9 Å². The molecule has 2 rings (SSSR count). The zero-order chi connectivity index (χ0) is 16.7. The number of unbranched alkanes of at least 4 members (excludes halogenated alkanes) is 3. The lowest BCUT2D eigenvalue weighted by molar-refractivity contribution is -0.120. The standard InChI is InChI=1S/C18H21ClN2OS/c1-2-3-4-7-10-23-18-15(12-20)14(11-17(22)21-18)13-8-5-6-9-16(13)19/h5-6,8-9,14H,2-4,7,10-11H2,1H3,(H,21,22)/t14-/m1/s1. The van der Waals surface area contributed by atoms with Crippen LogP contribution in [0.5, 0.6) is 0 Å². The van der Waals surface area contributed by atoms with Gasteiger partial charge in [0.05, 0.1) is 16.7 Å². The Morgan fingerprint density at radius 2 is 2.13 bits per heavy atom. The van der Waals surface area contributed by atoms with Gasteiger partial charge in [-0.05, 0) is 23.8 Å². The summed E-state index contributed by atoms with van der Waals surface area (Å²) in [5.74, 6) is 0.612. The number of nitrogens with zero attached hydrogens (tertiary/aromatic N) is 1. The van der Waals surface area contributed by atoms with Crippen LogP contribution in [0, 0.1) is 11.3 Å². The first-order valence-electron chi connectivity index (χ1n) is 7.98. The van der Waals surface area contributed by atoms with Crippen LogP contribution in [-0.4, -0.2) is 11.7 Å². The second kappa shape index (κ2) is 9.00. The number of carbonyl (C=O) groups is 1. The molecule has 1 amide bonds. The van der Waals surface area contributed by atoms with E-state index in [0.717, 1.165) is 17.7 Å². The molecule has 0 saturated heterocycles. The van der Waals surface area contributed by atoms with Crippen LogP contribution >= 0.6 is 23.4 Å². The minimum Gasteiger partial charge on any atom is -0.320 e. The van der Waals surface area contributed by atoms with Crippen LogP contribution in [0.1, 0.15) is 50.5 Å². The summed E-state index contributed by atoms with van der Waals surface area (Å²) in [6.45, 7) is 2.18. The van der Waals surface area contributed by atoms with Crippen LogP contribution in [0.3, 0.4) is 0 Å². The van der Waals surface area contributed by atoms with Crippen LogP contribution in [0.15, 0.2) is 34.9 Å². The molecule has 0 aliphatic carbocycles. The summed E-state index contributed by atoms with van der Waals surface area (Å²) in [7, 11) is 0. The Morgan fingerprint density at radius 1 is 1.35 bits per heavy atom. The average Bonchev–Trinajstić information content (AvgIpc) is 2.54. The fourth-order valence-corrected chi connectivity index (χ4v) is 4.01. The molecule has 3 nitrogen and oxygen atoms in total. The zero-order valence-electron chi connectivity index (χ0n) is 13.3. The zero-order valence-corrected chi connectivity index (χ0v) is 14.8. The lowest BCUT2D eigenvalue weighted by Gasteiger charge is -2.25. The summed E-state index contributed by atoms with van der Waals surface area (Å²) < 4.78 is 0. The summed E-state index contributed by atoms with van der Waals surface area (Å²) in [4.78, 5) is 12.1. The average molecular weight is 349 g/mol. The van der Waals surface area contributed by atoms with Crippen LogP contribution in [0.25, 0.3) is 0 Å². The number of halogens is 1. The third kappa shape index (κ3) is 4.76. The number of thioether (sulfide) groups is 1. The van der Waals surface area contributed by atoms with E-state index in [1.807, 2.05) is 18.2 Å². The molecule has 23 heavy (non-hydrogen) atoms. The van der Waals surface area contributed by atoms with Crippen LogP contribution in [0.4, 0.5) is 0 Å². The Bertz CT molecular complexity index is 636. The van der Waals surface area contributed by atoms with Crippen molar-refractivity contribution >= 4 is 29.3 Å². The molecule has 5 heteroatoms. The molecule has 0 bridgehead atoms. The van der Waals surface area contributed by atoms with E-state index in [9.17, 15) is 10.1 Å². The maximum Gasteiger partial charge on any atom is 0.225 e. The number of nitrogens with one attached hydrogen (secondary N) is 1.